The van der Waals surface area contributed by atoms with Crippen LogP contribution in [0.3, 0.4) is 0 Å². The highest BCUT2D eigenvalue weighted by molar-refractivity contribution is 5.91. The number of halogens is 2. The molecule has 2 aromatic heterocycles. The minimum atomic E-state index is -0.917. The number of ether oxygens (including phenoxy) is 1. The van der Waals surface area contributed by atoms with Crippen LogP contribution in [0.5, 0.6) is 0 Å². The average molecular weight is 548 g/mol. The Morgan fingerprint density at radius 3 is 2.55 bits per heavy atom. The molecule has 5 rings (SSSR count). The number of carbonyl (C=O) groups is 1. The second-order valence-corrected chi connectivity index (χ2v) is 9.85. The fraction of sp³-hybridized carbons (Fsp3) is 0.310. The highest BCUT2D eigenvalue weighted by Gasteiger charge is 2.32. The number of benzene rings is 2. The standard InChI is InChI=1S/C29H31F2N7O2/c1-17-27(21-14-33-18(2)34-15-21)37-38(22-7-5-4-6-8-22)28(17)36-29(39)35-25-16-32-13-20(25)12-26(40-3)19-9-10-23(30)24(31)11-19/h4-11,14-15,20,25-26,32H,12-13,16H2,1-3H3,(H2,35,36,39)/t20-,25-,26?/m1/s1. The molecule has 1 aliphatic rings. The second-order valence-electron chi connectivity index (χ2n) is 9.85. The molecular formula is C29H31F2N7O2. The Morgan fingerprint density at radius 2 is 1.85 bits per heavy atom. The Balaban J connectivity index is 1.34. The van der Waals surface area contributed by atoms with Crippen LogP contribution in [0.25, 0.3) is 16.9 Å². The summed E-state index contributed by atoms with van der Waals surface area (Å²) in [5.41, 5.74) is 3.50. The zero-order valence-corrected chi connectivity index (χ0v) is 22.5. The predicted molar refractivity (Wildman–Crippen MR) is 147 cm³/mol. The molecule has 4 aromatic rings. The number of para-hydroxylation sites is 1. The fourth-order valence-corrected chi connectivity index (χ4v) is 5.01. The number of anilines is 1. The second kappa shape index (κ2) is 11.9. The van der Waals surface area contributed by atoms with Crippen LogP contribution in [0, 0.1) is 31.4 Å². The summed E-state index contributed by atoms with van der Waals surface area (Å²) in [6, 6.07) is 12.7. The third kappa shape index (κ3) is 5.85. The van der Waals surface area contributed by atoms with E-state index in [1.54, 1.807) is 17.1 Å². The van der Waals surface area contributed by atoms with Crippen LogP contribution in [-0.4, -0.2) is 52.0 Å². The Kier molecular flexibility index (Phi) is 8.13. The topological polar surface area (TPSA) is 106 Å². The van der Waals surface area contributed by atoms with Crippen LogP contribution in [0.1, 0.15) is 29.5 Å². The van der Waals surface area contributed by atoms with Gasteiger partial charge in [0, 0.05) is 49.8 Å². The number of amides is 2. The van der Waals surface area contributed by atoms with E-state index in [9.17, 15) is 13.6 Å². The maximum atomic E-state index is 13.8. The van der Waals surface area contributed by atoms with Gasteiger partial charge in [0.15, 0.2) is 11.6 Å². The van der Waals surface area contributed by atoms with E-state index in [2.05, 4.69) is 25.9 Å². The summed E-state index contributed by atoms with van der Waals surface area (Å²) in [7, 11) is 1.54. The molecule has 3 atom stereocenters. The number of hydrogen-bond acceptors (Lipinski definition) is 6. The summed E-state index contributed by atoms with van der Waals surface area (Å²) in [5.74, 6) is -0.635. The van der Waals surface area contributed by atoms with Crippen molar-refractivity contribution in [2.75, 3.05) is 25.5 Å². The van der Waals surface area contributed by atoms with Crippen molar-refractivity contribution in [2.45, 2.75) is 32.4 Å². The molecule has 0 spiro atoms. The third-order valence-electron chi connectivity index (χ3n) is 7.18. The lowest BCUT2D eigenvalue weighted by atomic mass is 9.93. The molecule has 0 bridgehead atoms. The minimum Gasteiger partial charge on any atom is -0.377 e. The largest absolute Gasteiger partial charge is 0.377 e. The van der Waals surface area contributed by atoms with E-state index in [0.29, 0.717) is 42.4 Å². The normalized spacial score (nSPS) is 17.5. The molecule has 1 aliphatic heterocycles. The maximum absolute atomic E-state index is 13.8. The average Bonchev–Trinajstić information content (AvgIpc) is 3.53. The van der Waals surface area contributed by atoms with Crippen molar-refractivity contribution < 1.29 is 18.3 Å². The predicted octanol–water partition coefficient (Wildman–Crippen LogP) is 4.71. The van der Waals surface area contributed by atoms with E-state index in [1.165, 1.54) is 13.2 Å². The van der Waals surface area contributed by atoms with Gasteiger partial charge >= 0.3 is 6.03 Å². The van der Waals surface area contributed by atoms with E-state index in [4.69, 9.17) is 9.84 Å². The summed E-state index contributed by atoms with van der Waals surface area (Å²) in [4.78, 5) is 21.9. The van der Waals surface area contributed by atoms with Gasteiger partial charge in [-0.05, 0) is 56.0 Å². The van der Waals surface area contributed by atoms with Gasteiger partial charge in [0.05, 0.1) is 11.8 Å². The lowest BCUT2D eigenvalue weighted by Gasteiger charge is -2.25. The first-order valence-corrected chi connectivity index (χ1v) is 13.0. The van der Waals surface area contributed by atoms with Gasteiger partial charge < -0.3 is 15.4 Å². The lowest BCUT2D eigenvalue weighted by molar-refractivity contribution is 0.0788. The quantitative estimate of drug-likeness (QED) is 0.295. The number of methoxy groups -OCH3 is 1. The van der Waals surface area contributed by atoms with Gasteiger partial charge in [0.2, 0.25) is 0 Å². The number of rotatable bonds is 8. The van der Waals surface area contributed by atoms with E-state index in [1.807, 2.05) is 44.2 Å². The van der Waals surface area contributed by atoms with Crippen LogP contribution >= 0.6 is 0 Å². The van der Waals surface area contributed by atoms with E-state index in [-0.39, 0.29) is 18.0 Å². The van der Waals surface area contributed by atoms with Crippen LogP contribution < -0.4 is 16.0 Å². The van der Waals surface area contributed by atoms with Gasteiger partial charge in [-0.1, -0.05) is 24.3 Å². The van der Waals surface area contributed by atoms with Gasteiger partial charge in [-0.2, -0.15) is 5.10 Å². The Bertz CT molecular complexity index is 1480. The van der Waals surface area contributed by atoms with Crippen LogP contribution in [0.4, 0.5) is 19.4 Å². The first-order chi connectivity index (χ1) is 19.3. The number of aromatic nitrogens is 4. The fourth-order valence-electron chi connectivity index (χ4n) is 5.01. The molecule has 9 nitrogen and oxygen atoms in total. The third-order valence-corrected chi connectivity index (χ3v) is 7.18. The van der Waals surface area contributed by atoms with Gasteiger partial charge in [0.25, 0.3) is 0 Å². The van der Waals surface area contributed by atoms with Crippen LogP contribution in [-0.2, 0) is 4.74 Å². The summed E-state index contributed by atoms with van der Waals surface area (Å²) in [5, 5.41) is 14.2. The monoisotopic (exact) mass is 547 g/mol. The number of nitrogens with one attached hydrogen (secondary N) is 3. The number of aryl methyl sites for hydroxylation is 1. The molecular weight excluding hydrogens is 516 g/mol. The molecule has 3 heterocycles. The summed E-state index contributed by atoms with van der Waals surface area (Å²) < 4.78 is 34.6. The smallest absolute Gasteiger partial charge is 0.320 e. The molecule has 208 valence electrons. The molecule has 1 unspecified atom stereocenters. The minimum absolute atomic E-state index is 0.00390. The zero-order valence-electron chi connectivity index (χ0n) is 22.5. The van der Waals surface area contributed by atoms with Crippen molar-refractivity contribution in [3.63, 3.8) is 0 Å². The van der Waals surface area contributed by atoms with Gasteiger partial charge in [0.1, 0.15) is 17.3 Å². The van der Waals surface area contributed by atoms with E-state index in [0.717, 1.165) is 28.9 Å². The lowest BCUT2D eigenvalue weighted by Crippen LogP contribution is -2.43. The van der Waals surface area contributed by atoms with E-state index >= 15 is 0 Å². The highest BCUT2D eigenvalue weighted by Crippen LogP contribution is 2.31. The van der Waals surface area contributed by atoms with E-state index < -0.39 is 17.7 Å². The molecule has 1 saturated heterocycles. The van der Waals surface area contributed by atoms with Crippen LogP contribution in [0.15, 0.2) is 60.9 Å². The maximum Gasteiger partial charge on any atom is 0.320 e. The van der Waals surface area contributed by atoms with Gasteiger partial charge in [-0.3, -0.25) is 5.32 Å². The van der Waals surface area contributed by atoms with Crippen molar-refractivity contribution in [1.82, 2.24) is 30.4 Å². The molecule has 3 N–H and O–H groups in total. The molecule has 1 fully saturated rings. The Labute approximate surface area is 231 Å². The first kappa shape index (κ1) is 27.4. The molecule has 0 radical (unpaired) electrons. The van der Waals surface area contributed by atoms with Gasteiger partial charge in [-0.25, -0.2) is 28.2 Å². The van der Waals surface area contributed by atoms with Crippen molar-refractivity contribution in [3.05, 3.63) is 89.5 Å². The zero-order chi connectivity index (χ0) is 28.2. The molecule has 2 amide bonds. The number of carbonyl (C=O) groups excluding carboxylic acids is 1. The molecule has 2 aromatic carbocycles. The van der Waals surface area contributed by atoms with Crippen molar-refractivity contribution in [1.29, 1.82) is 0 Å². The SMILES string of the molecule is COC(C[C@@H]1CNC[C@H]1NC(=O)Nc1c(C)c(-c2cnc(C)nc2)nn1-c1ccccc1)c1ccc(F)c(F)c1. The van der Waals surface area contributed by atoms with Crippen molar-refractivity contribution in [2.24, 2.45) is 5.92 Å². The summed E-state index contributed by atoms with van der Waals surface area (Å²) in [6.45, 7) is 4.92. The molecule has 40 heavy (non-hydrogen) atoms. The number of urea groups is 1. The summed E-state index contributed by atoms with van der Waals surface area (Å²) >= 11 is 0. The van der Waals surface area contributed by atoms with Crippen LogP contribution in [0.2, 0.25) is 0 Å². The summed E-state index contributed by atoms with van der Waals surface area (Å²) in [6.07, 6.45) is 3.49. The first-order valence-electron chi connectivity index (χ1n) is 13.0. The Hall–Kier alpha value is -4.22. The number of hydrogen-bond donors (Lipinski definition) is 3. The molecule has 0 aliphatic carbocycles. The molecule has 0 saturated carbocycles. The van der Waals surface area contributed by atoms with Crippen molar-refractivity contribution >= 4 is 11.8 Å². The Morgan fingerprint density at radius 1 is 1.10 bits per heavy atom. The van der Waals surface area contributed by atoms with Gasteiger partial charge in [-0.15, -0.1) is 0 Å². The molecule has 11 heteroatoms. The number of nitrogens with zero attached hydrogens (tertiary/aromatic N) is 4. The highest BCUT2D eigenvalue weighted by atomic mass is 19.2. The van der Waals surface area contributed by atoms with Crippen molar-refractivity contribution in [3.8, 4) is 16.9 Å².